The van der Waals surface area contributed by atoms with E-state index in [-0.39, 0.29) is 19.4 Å². The maximum Gasteiger partial charge on any atom is 0.338 e. The molecule has 0 saturated heterocycles. The van der Waals surface area contributed by atoms with Gasteiger partial charge in [0.25, 0.3) is 0 Å². The second-order valence-electron chi connectivity index (χ2n) is 6.40. The largest absolute Gasteiger partial charge is 0.464 e. The molecular formula is C17H30O6. The molecule has 2 atom stereocenters. The average Bonchev–Trinajstić information content (AvgIpc) is 2.50. The Morgan fingerprint density at radius 1 is 1.04 bits per heavy atom. The van der Waals surface area contributed by atoms with Crippen LogP contribution in [0, 0.1) is 0 Å². The van der Waals surface area contributed by atoms with Crippen LogP contribution in [0.5, 0.6) is 0 Å². The van der Waals surface area contributed by atoms with Crippen LogP contribution in [0.3, 0.4) is 0 Å². The third-order valence-electron chi connectivity index (χ3n) is 4.30. The van der Waals surface area contributed by atoms with E-state index in [4.69, 9.17) is 4.74 Å². The molecule has 1 aliphatic carbocycles. The van der Waals surface area contributed by atoms with Crippen molar-refractivity contribution in [1.82, 2.24) is 0 Å². The molecule has 0 unspecified atom stereocenters. The fourth-order valence-corrected chi connectivity index (χ4v) is 2.84. The zero-order chi connectivity index (χ0) is 17.3. The van der Waals surface area contributed by atoms with Crippen LogP contribution in [0.1, 0.15) is 57.8 Å². The Kier molecular flexibility index (Phi) is 8.76. The molecular weight excluding hydrogens is 300 g/mol. The van der Waals surface area contributed by atoms with Crippen LogP contribution in [-0.4, -0.2) is 56.9 Å². The number of aliphatic hydroxyl groups excluding tert-OH is 3. The molecule has 6 heteroatoms. The number of hydrogen-bond donors (Lipinski definition) is 4. The molecule has 1 rings (SSSR count). The first-order valence-electron chi connectivity index (χ1n) is 8.45. The molecule has 0 aromatic rings. The molecule has 6 nitrogen and oxygen atoms in total. The maximum absolute atomic E-state index is 11.9. The monoisotopic (exact) mass is 330 g/mol. The minimum absolute atomic E-state index is 0.211. The lowest BCUT2D eigenvalue weighted by atomic mass is 9.80. The van der Waals surface area contributed by atoms with E-state index in [1.54, 1.807) is 0 Å². The van der Waals surface area contributed by atoms with Crippen molar-refractivity contribution in [2.45, 2.75) is 81.7 Å². The van der Waals surface area contributed by atoms with E-state index >= 15 is 0 Å². The predicted octanol–water partition coefficient (Wildman–Crippen LogP) is 1.05. The molecule has 134 valence electrons. The number of aliphatic hydroxyl groups is 4. The van der Waals surface area contributed by atoms with E-state index in [2.05, 4.69) is 6.58 Å². The van der Waals surface area contributed by atoms with Gasteiger partial charge in [0.05, 0.1) is 18.8 Å². The van der Waals surface area contributed by atoms with Crippen LogP contribution >= 0.6 is 0 Å². The topological polar surface area (TPSA) is 107 Å². The summed E-state index contributed by atoms with van der Waals surface area (Å²) in [5, 5.41) is 38.8. The van der Waals surface area contributed by atoms with Crippen molar-refractivity contribution in [3.05, 3.63) is 12.7 Å². The third kappa shape index (κ3) is 6.59. The van der Waals surface area contributed by atoms with Crippen molar-refractivity contribution >= 4 is 5.97 Å². The predicted molar refractivity (Wildman–Crippen MR) is 85.7 cm³/mol. The Balaban J connectivity index is 2.17. The first kappa shape index (κ1) is 20.1. The Labute approximate surface area is 137 Å². The van der Waals surface area contributed by atoms with Crippen molar-refractivity contribution in [2.24, 2.45) is 0 Å². The number of ether oxygens (including phenoxy) is 1. The number of esters is 1. The Morgan fingerprint density at radius 2 is 1.57 bits per heavy atom. The molecule has 0 aliphatic heterocycles. The molecule has 0 aromatic carbocycles. The fourth-order valence-electron chi connectivity index (χ4n) is 2.84. The van der Waals surface area contributed by atoms with E-state index in [9.17, 15) is 25.2 Å². The van der Waals surface area contributed by atoms with Crippen LogP contribution in [0.2, 0.25) is 0 Å². The number of allylic oxidation sites excluding steroid dienone is 1. The van der Waals surface area contributed by atoms with Crippen LogP contribution in [0.4, 0.5) is 0 Å². The van der Waals surface area contributed by atoms with E-state index < -0.39 is 29.9 Å². The summed E-state index contributed by atoms with van der Waals surface area (Å²) < 4.78 is 5.06. The van der Waals surface area contributed by atoms with E-state index in [0.29, 0.717) is 0 Å². The summed E-state index contributed by atoms with van der Waals surface area (Å²) in [6.07, 6.45) is 4.49. The van der Waals surface area contributed by atoms with Gasteiger partial charge in [-0.15, -0.1) is 6.58 Å². The molecule has 0 bridgehead atoms. The van der Waals surface area contributed by atoms with E-state index in [0.717, 1.165) is 38.5 Å². The second kappa shape index (κ2) is 10.0. The summed E-state index contributed by atoms with van der Waals surface area (Å²) in [6, 6.07) is 0. The van der Waals surface area contributed by atoms with Crippen LogP contribution in [0.25, 0.3) is 0 Å². The highest BCUT2D eigenvalue weighted by molar-refractivity contribution is 5.79. The smallest absolute Gasteiger partial charge is 0.338 e. The molecule has 1 saturated carbocycles. The van der Waals surface area contributed by atoms with Gasteiger partial charge in [-0.1, -0.05) is 31.8 Å². The molecule has 1 fully saturated rings. The summed E-state index contributed by atoms with van der Waals surface area (Å²) in [4.78, 5) is 11.9. The molecule has 0 amide bonds. The standard InChI is InChI=1S/C17H30O6/c1-2-3-4-5-6-7-8-9-10-23-16(21)17(22)11-13(18)15(20)14(19)12-17/h2,13-15,18-20,22H,1,3-12H2/t13-,14-,15?,17?/m1/s1. The maximum atomic E-state index is 11.9. The SMILES string of the molecule is C=CCCCCCCCCOC(=O)C1(O)C[C@@H](O)C(O)[C@H](O)C1. The van der Waals surface area contributed by atoms with Gasteiger partial charge in [-0.2, -0.15) is 0 Å². The van der Waals surface area contributed by atoms with Crippen molar-refractivity contribution in [1.29, 1.82) is 0 Å². The highest BCUT2D eigenvalue weighted by Gasteiger charge is 2.49. The van der Waals surface area contributed by atoms with Crippen molar-refractivity contribution < 1.29 is 30.0 Å². The van der Waals surface area contributed by atoms with E-state index in [1.165, 1.54) is 6.42 Å². The fraction of sp³-hybridized carbons (Fsp3) is 0.824. The van der Waals surface area contributed by atoms with Crippen LogP contribution < -0.4 is 0 Å². The summed E-state index contributed by atoms with van der Waals surface area (Å²) in [5.74, 6) is -0.839. The number of carbonyl (C=O) groups excluding carboxylic acids is 1. The van der Waals surface area contributed by atoms with Gasteiger partial charge in [0.15, 0.2) is 5.60 Å². The Morgan fingerprint density at radius 3 is 2.13 bits per heavy atom. The zero-order valence-corrected chi connectivity index (χ0v) is 13.7. The van der Waals surface area contributed by atoms with Gasteiger partial charge in [-0.05, 0) is 19.3 Å². The molecule has 4 N–H and O–H groups in total. The number of unbranched alkanes of at least 4 members (excludes halogenated alkanes) is 6. The van der Waals surface area contributed by atoms with Gasteiger partial charge in [0.2, 0.25) is 0 Å². The highest BCUT2D eigenvalue weighted by atomic mass is 16.5. The molecule has 0 radical (unpaired) electrons. The highest BCUT2D eigenvalue weighted by Crippen LogP contribution is 2.30. The van der Waals surface area contributed by atoms with Gasteiger partial charge in [-0.25, -0.2) is 4.79 Å². The first-order valence-corrected chi connectivity index (χ1v) is 8.45. The summed E-state index contributed by atoms with van der Waals surface area (Å²) >= 11 is 0. The van der Waals surface area contributed by atoms with Gasteiger partial charge >= 0.3 is 5.97 Å². The lowest BCUT2D eigenvalue weighted by molar-refractivity contribution is -0.192. The molecule has 23 heavy (non-hydrogen) atoms. The van der Waals surface area contributed by atoms with Crippen molar-refractivity contribution in [2.75, 3.05) is 6.61 Å². The Bertz CT molecular complexity index is 358. The molecule has 1 aliphatic rings. The summed E-state index contributed by atoms with van der Waals surface area (Å²) in [6.45, 7) is 3.89. The van der Waals surface area contributed by atoms with Gasteiger partial charge in [-0.3, -0.25) is 0 Å². The van der Waals surface area contributed by atoms with Gasteiger partial charge < -0.3 is 25.2 Å². The normalized spacial score (nSPS) is 30.9. The second-order valence-corrected chi connectivity index (χ2v) is 6.40. The van der Waals surface area contributed by atoms with Crippen LogP contribution in [0.15, 0.2) is 12.7 Å². The number of carbonyl (C=O) groups is 1. The first-order chi connectivity index (χ1) is 10.9. The Hall–Kier alpha value is -0.950. The lowest BCUT2D eigenvalue weighted by Gasteiger charge is -2.38. The molecule has 0 heterocycles. The number of hydrogen-bond acceptors (Lipinski definition) is 6. The zero-order valence-electron chi connectivity index (χ0n) is 13.7. The number of rotatable bonds is 10. The summed E-state index contributed by atoms with van der Waals surface area (Å²) in [7, 11) is 0. The molecule has 0 spiro atoms. The minimum Gasteiger partial charge on any atom is -0.464 e. The van der Waals surface area contributed by atoms with Crippen molar-refractivity contribution in [3.8, 4) is 0 Å². The minimum atomic E-state index is -1.93. The van der Waals surface area contributed by atoms with Gasteiger partial charge in [0.1, 0.15) is 6.10 Å². The molecule has 0 aromatic heterocycles. The van der Waals surface area contributed by atoms with Gasteiger partial charge in [0, 0.05) is 12.8 Å². The quantitative estimate of drug-likeness (QED) is 0.271. The van der Waals surface area contributed by atoms with Crippen LogP contribution in [-0.2, 0) is 9.53 Å². The lowest BCUT2D eigenvalue weighted by Crippen LogP contribution is -2.56. The average molecular weight is 330 g/mol. The van der Waals surface area contributed by atoms with E-state index in [1.807, 2.05) is 6.08 Å². The van der Waals surface area contributed by atoms with Crippen molar-refractivity contribution in [3.63, 3.8) is 0 Å². The summed E-state index contributed by atoms with van der Waals surface area (Å²) in [5.41, 5.74) is -1.93. The third-order valence-corrected chi connectivity index (χ3v) is 4.30.